The standard InChI is InChI=1S/C21H17F2NO2/c22-18-7-3-6-15(21(18)23)10-11-20(26)24-19(13-25)17-9-8-14-4-1-2-5-16(14)12-17/h1-12,19,25H,13H2,(H,24,26)/t19-/m0/s1. The van der Waals surface area contributed by atoms with Gasteiger partial charge in [-0.05, 0) is 34.5 Å². The van der Waals surface area contributed by atoms with Gasteiger partial charge in [0.25, 0.3) is 0 Å². The fraction of sp³-hybridized carbons (Fsp3) is 0.0952. The summed E-state index contributed by atoms with van der Waals surface area (Å²) in [7, 11) is 0. The zero-order chi connectivity index (χ0) is 18.5. The van der Waals surface area contributed by atoms with Gasteiger partial charge >= 0.3 is 0 Å². The van der Waals surface area contributed by atoms with Crippen molar-refractivity contribution in [1.82, 2.24) is 5.32 Å². The number of rotatable bonds is 5. The van der Waals surface area contributed by atoms with Crippen LogP contribution in [-0.2, 0) is 4.79 Å². The van der Waals surface area contributed by atoms with Crippen LogP contribution in [0.15, 0.2) is 66.7 Å². The number of carbonyl (C=O) groups excluding carboxylic acids is 1. The van der Waals surface area contributed by atoms with Crippen molar-refractivity contribution >= 4 is 22.8 Å². The van der Waals surface area contributed by atoms with Gasteiger partial charge in [0.1, 0.15) is 0 Å². The molecule has 1 amide bonds. The van der Waals surface area contributed by atoms with Gasteiger partial charge in [-0.15, -0.1) is 0 Å². The highest BCUT2D eigenvalue weighted by Gasteiger charge is 2.13. The molecular weight excluding hydrogens is 336 g/mol. The summed E-state index contributed by atoms with van der Waals surface area (Å²) in [6.45, 7) is -0.285. The van der Waals surface area contributed by atoms with E-state index in [0.717, 1.165) is 28.5 Å². The first-order chi connectivity index (χ1) is 12.6. The lowest BCUT2D eigenvalue weighted by atomic mass is 10.0. The Morgan fingerprint density at radius 3 is 2.58 bits per heavy atom. The summed E-state index contributed by atoms with van der Waals surface area (Å²) >= 11 is 0. The number of hydrogen-bond acceptors (Lipinski definition) is 2. The molecule has 0 heterocycles. The molecule has 0 aliphatic carbocycles. The Bertz CT molecular complexity index is 969. The molecule has 0 spiro atoms. The number of aliphatic hydroxyl groups excluding tert-OH is 1. The van der Waals surface area contributed by atoms with Crippen LogP contribution in [0.25, 0.3) is 16.8 Å². The van der Waals surface area contributed by atoms with Crippen LogP contribution in [0.4, 0.5) is 8.78 Å². The molecule has 3 aromatic carbocycles. The molecule has 0 bridgehead atoms. The molecule has 3 aromatic rings. The molecule has 0 saturated heterocycles. The van der Waals surface area contributed by atoms with Crippen LogP contribution >= 0.6 is 0 Å². The molecule has 0 aliphatic heterocycles. The van der Waals surface area contributed by atoms with Crippen molar-refractivity contribution in [2.24, 2.45) is 0 Å². The van der Waals surface area contributed by atoms with Crippen molar-refractivity contribution in [1.29, 1.82) is 0 Å². The lowest BCUT2D eigenvalue weighted by molar-refractivity contribution is -0.117. The average Bonchev–Trinajstić information content (AvgIpc) is 2.67. The molecule has 3 nitrogen and oxygen atoms in total. The van der Waals surface area contributed by atoms with Crippen molar-refractivity contribution < 1.29 is 18.7 Å². The first-order valence-electron chi connectivity index (χ1n) is 8.10. The van der Waals surface area contributed by atoms with E-state index in [4.69, 9.17) is 0 Å². The van der Waals surface area contributed by atoms with Crippen LogP contribution in [0, 0.1) is 11.6 Å². The van der Waals surface area contributed by atoms with Gasteiger partial charge in [-0.25, -0.2) is 8.78 Å². The summed E-state index contributed by atoms with van der Waals surface area (Å²) in [6.07, 6.45) is 2.31. The fourth-order valence-corrected chi connectivity index (χ4v) is 2.69. The third-order valence-electron chi connectivity index (χ3n) is 4.07. The molecule has 1 atom stereocenters. The second-order valence-electron chi connectivity index (χ2n) is 5.83. The molecule has 0 aromatic heterocycles. The van der Waals surface area contributed by atoms with Crippen LogP contribution in [0.1, 0.15) is 17.2 Å². The maximum absolute atomic E-state index is 13.6. The molecule has 3 rings (SSSR count). The summed E-state index contributed by atoms with van der Waals surface area (Å²) < 4.78 is 26.8. The van der Waals surface area contributed by atoms with Gasteiger partial charge in [0.05, 0.1) is 12.6 Å². The predicted octanol–water partition coefficient (Wildman–Crippen LogP) is 3.98. The van der Waals surface area contributed by atoms with Crippen molar-refractivity contribution in [3.8, 4) is 0 Å². The van der Waals surface area contributed by atoms with E-state index >= 15 is 0 Å². The topological polar surface area (TPSA) is 49.3 Å². The number of nitrogens with one attached hydrogen (secondary N) is 1. The van der Waals surface area contributed by atoms with E-state index in [2.05, 4.69) is 5.32 Å². The average molecular weight is 353 g/mol. The minimum absolute atomic E-state index is 0.0218. The molecule has 0 aliphatic rings. The second kappa shape index (κ2) is 7.89. The largest absolute Gasteiger partial charge is 0.394 e. The Kier molecular flexibility index (Phi) is 5.39. The highest BCUT2D eigenvalue weighted by Crippen LogP contribution is 2.20. The highest BCUT2D eigenvalue weighted by atomic mass is 19.2. The Morgan fingerprint density at radius 1 is 1.04 bits per heavy atom. The highest BCUT2D eigenvalue weighted by molar-refractivity contribution is 5.92. The quantitative estimate of drug-likeness (QED) is 0.682. The fourth-order valence-electron chi connectivity index (χ4n) is 2.69. The molecule has 2 N–H and O–H groups in total. The molecule has 5 heteroatoms. The third kappa shape index (κ3) is 3.95. The first-order valence-corrected chi connectivity index (χ1v) is 8.10. The van der Waals surface area contributed by atoms with Crippen LogP contribution < -0.4 is 5.32 Å². The van der Waals surface area contributed by atoms with E-state index in [9.17, 15) is 18.7 Å². The van der Waals surface area contributed by atoms with E-state index in [1.165, 1.54) is 18.2 Å². The normalized spacial score (nSPS) is 12.4. The van der Waals surface area contributed by atoms with Crippen LogP contribution in [0.3, 0.4) is 0 Å². The summed E-state index contributed by atoms with van der Waals surface area (Å²) in [5, 5.41) is 14.3. The van der Waals surface area contributed by atoms with Crippen molar-refractivity contribution in [2.75, 3.05) is 6.61 Å². The number of hydrogen-bond donors (Lipinski definition) is 2. The van der Waals surface area contributed by atoms with E-state index in [-0.39, 0.29) is 12.2 Å². The Labute approximate surface area is 149 Å². The first kappa shape index (κ1) is 17.8. The molecule has 0 saturated carbocycles. The summed E-state index contributed by atoms with van der Waals surface area (Å²) in [5.74, 6) is -2.50. The maximum atomic E-state index is 13.6. The predicted molar refractivity (Wildman–Crippen MR) is 97.3 cm³/mol. The SMILES string of the molecule is O=C(C=Cc1cccc(F)c1F)N[C@@H](CO)c1ccc2ccccc2c1. The minimum Gasteiger partial charge on any atom is -0.394 e. The molecule has 0 unspecified atom stereocenters. The number of halogens is 2. The summed E-state index contributed by atoms with van der Waals surface area (Å²) in [5.41, 5.74) is 0.733. The monoisotopic (exact) mass is 353 g/mol. The zero-order valence-corrected chi connectivity index (χ0v) is 13.8. The van der Waals surface area contributed by atoms with Crippen molar-refractivity contribution in [3.63, 3.8) is 0 Å². The number of aliphatic hydroxyl groups is 1. The lowest BCUT2D eigenvalue weighted by Crippen LogP contribution is -2.29. The summed E-state index contributed by atoms with van der Waals surface area (Å²) in [6, 6.07) is 16.5. The van der Waals surface area contributed by atoms with Crippen LogP contribution in [0.5, 0.6) is 0 Å². The van der Waals surface area contributed by atoms with Gasteiger partial charge in [-0.2, -0.15) is 0 Å². The lowest BCUT2D eigenvalue weighted by Gasteiger charge is -2.16. The molecule has 0 fully saturated rings. The van der Waals surface area contributed by atoms with Crippen molar-refractivity contribution in [3.05, 3.63) is 89.5 Å². The Hall–Kier alpha value is -3.05. The van der Waals surface area contributed by atoms with E-state index in [0.29, 0.717) is 0 Å². The van der Waals surface area contributed by atoms with Gasteiger partial charge in [0, 0.05) is 11.6 Å². The number of fused-ring (bicyclic) bond motifs is 1. The molecular formula is C21H17F2NO2. The summed E-state index contributed by atoms with van der Waals surface area (Å²) in [4.78, 5) is 12.1. The minimum atomic E-state index is -1.01. The van der Waals surface area contributed by atoms with Gasteiger partial charge in [0.15, 0.2) is 11.6 Å². The smallest absolute Gasteiger partial charge is 0.244 e. The van der Waals surface area contributed by atoms with Crippen molar-refractivity contribution in [2.45, 2.75) is 6.04 Å². The second-order valence-corrected chi connectivity index (χ2v) is 5.83. The van der Waals surface area contributed by atoms with E-state index < -0.39 is 23.6 Å². The third-order valence-corrected chi connectivity index (χ3v) is 4.07. The van der Waals surface area contributed by atoms with Crippen LogP contribution in [0.2, 0.25) is 0 Å². The Morgan fingerprint density at radius 2 is 1.81 bits per heavy atom. The zero-order valence-electron chi connectivity index (χ0n) is 13.8. The molecule has 132 valence electrons. The number of carbonyl (C=O) groups is 1. The molecule has 0 radical (unpaired) electrons. The van der Waals surface area contributed by atoms with Gasteiger partial charge in [0.2, 0.25) is 5.91 Å². The number of benzene rings is 3. The maximum Gasteiger partial charge on any atom is 0.244 e. The van der Waals surface area contributed by atoms with Gasteiger partial charge < -0.3 is 10.4 Å². The Balaban J connectivity index is 1.75. The molecule has 26 heavy (non-hydrogen) atoms. The van der Waals surface area contributed by atoms with Gasteiger partial charge in [-0.3, -0.25) is 4.79 Å². The van der Waals surface area contributed by atoms with E-state index in [1.807, 2.05) is 42.5 Å². The van der Waals surface area contributed by atoms with Crippen LogP contribution in [-0.4, -0.2) is 17.6 Å². The van der Waals surface area contributed by atoms with Gasteiger partial charge in [-0.1, -0.05) is 48.5 Å². The van der Waals surface area contributed by atoms with E-state index in [1.54, 1.807) is 0 Å². The number of amides is 1.